The van der Waals surface area contributed by atoms with Gasteiger partial charge in [-0.1, -0.05) is 37.9 Å². The van der Waals surface area contributed by atoms with Gasteiger partial charge in [0.2, 0.25) is 0 Å². The summed E-state index contributed by atoms with van der Waals surface area (Å²) in [7, 11) is 0. The zero-order valence-corrected chi connectivity index (χ0v) is 10.7. The smallest absolute Gasteiger partial charge is 0.184 e. The van der Waals surface area contributed by atoms with Gasteiger partial charge in [0.1, 0.15) is 0 Å². The summed E-state index contributed by atoms with van der Waals surface area (Å²) < 4.78 is 1.92. The minimum atomic E-state index is 0.936. The lowest BCUT2D eigenvalue weighted by molar-refractivity contribution is 0.657. The first kappa shape index (κ1) is 11.7. The molecule has 1 aliphatic rings. The highest BCUT2D eigenvalue weighted by atomic mass is 32.2. The average Bonchev–Trinajstić information content (AvgIpc) is 2.94. The summed E-state index contributed by atoms with van der Waals surface area (Å²) in [5.41, 5.74) is 1.20. The molecule has 0 bridgehead atoms. The van der Waals surface area contributed by atoms with Crippen LogP contribution in [0.2, 0.25) is 0 Å². The summed E-state index contributed by atoms with van der Waals surface area (Å²) >= 11 is 1.79. The van der Waals surface area contributed by atoms with Crippen LogP contribution in [-0.4, -0.2) is 27.2 Å². The van der Waals surface area contributed by atoms with Crippen LogP contribution in [-0.2, 0) is 6.42 Å². The van der Waals surface area contributed by atoms with Crippen LogP contribution in [0.4, 0.5) is 0 Å². The van der Waals surface area contributed by atoms with Crippen molar-refractivity contribution in [2.45, 2.75) is 39.0 Å². The van der Waals surface area contributed by atoms with E-state index in [1.54, 1.807) is 11.8 Å². The van der Waals surface area contributed by atoms with E-state index in [2.05, 4.69) is 23.1 Å². The van der Waals surface area contributed by atoms with Crippen molar-refractivity contribution >= 4 is 16.9 Å². The molecule has 0 radical (unpaired) electrons. The third kappa shape index (κ3) is 3.11. The molecule has 88 valence electrons. The van der Waals surface area contributed by atoms with Gasteiger partial charge in [-0.3, -0.25) is 4.99 Å². The van der Waals surface area contributed by atoms with Crippen LogP contribution in [0.5, 0.6) is 0 Å². The topological polar surface area (TPSA) is 30.2 Å². The molecule has 4 heteroatoms. The predicted octanol–water partition coefficient (Wildman–Crippen LogP) is 2.96. The molecule has 0 aliphatic carbocycles. The first-order valence-electron chi connectivity index (χ1n) is 6.12. The van der Waals surface area contributed by atoms with Gasteiger partial charge in [0.05, 0.1) is 12.2 Å². The van der Waals surface area contributed by atoms with Gasteiger partial charge in [-0.05, 0) is 18.9 Å². The Bertz CT molecular complexity index is 357. The SMILES string of the molecule is CCCCCCc1ccn(C2=NCCS2)n1. The van der Waals surface area contributed by atoms with Crippen LogP contribution in [0.25, 0.3) is 0 Å². The maximum absolute atomic E-state index is 4.55. The number of hydrogen-bond acceptors (Lipinski definition) is 3. The van der Waals surface area contributed by atoms with Gasteiger partial charge in [0, 0.05) is 11.9 Å². The Morgan fingerprint density at radius 1 is 1.38 bits per heavy atom. The first-order chi connectivity index (χ1) is 7.90. The standard InChI is InChI=1S/C12H19N3S/c1-2-3-4-5-6-11-7-9-15(14-11)12-13-8-10-16-12/h7,9H,2-6,8,10H2,1H3. The number of thioether (sulfide) groups is 1. The fourth-order valence-electron chi connectivity index (χ4n) is 1.80. The Balaban J connectivity index is 1.82. The van der Waals surface area contributed by atoms with E-state index in [0.29, 0.717) is 0 Å². The molecule has 2 rings (SSSR count). The van der Waals surface area contributed by atoms with Crippen molar-refractivity contribution in [3.05, 3.63) is 18.0 Å². The lowest BCUT2D eigenvalue weighted by atomic mass is 10.1. The number of unbranched alkanes of at least 4 members (excludes halogenated alkanes) is 3. The van der Waals surface area contributed by atoms with Gasteiger partial charge in [0.25, 0.3) is 0 Å². The summed E-state index contributed by atoms with van der Waals surface area (Å²) in [6.07, 6.45) is 8.34. The van der Waals surface area contributed by atoms with Crippen LogP contribution in [0.3, 0.4) is 0 Å². The van der Waals surface area contributed by atoms with Gasteiger partial charge >= 0.3 is 0 Å². The second kappa shape index (κ2) is 6.09. The summed E-state index contributed by atoms with van der Waals surface area (Å²) in [5, 5.41) is 5.61. The molecule has 1 aromatic heterocycles. The molecule has 0 atom stereocenters. The van der Waals surface area contributed by atoms with E-state index in [1.807, 2.05) is 10.9 Å². The van der Waals surface area contributed by atoms with Crippen molar-refractivity contribution < 1.29 is 0 Å². The van der Waals surface area contributed by atoms with E-state index in [9.17, 15) is 0 Å². The van der Waals surface area contributed by atoms with E-state index in [1.165, 1.54) is 31.4 Å². The number of hydrogen-bond donors (Lipinski definition) is 0. The largest absolute Gasteiger partial charge is 0.260 e. The summed E-state index contributed by atoms with van der Waals surface area (Å²) in [6, 6.07) is 2.12. The van der Waals surface area contributed by atoms with Crippen LogP contribution >= 0.6 is 11.8 Å². The van der Waals surface area contributed by atoms with Gasteiger partial charge in [0.15, 0.2) is 5.17 Å². The summed E-state index contributed by atoms with van der Waals surface area (Å²) in [5.74, 6) is 1.10. The highest BCUT2D eigenvalue weighted by Gasteiger charge is 2.10. The summed E-state index contributed by atoms with van der Waals surface area (Å²) in [6.45, 7) is 3.18. The molecule has 0 spiro atoms. The molecule has 1 aromatic rings. The number of rotatable bonds is 5. The molecular weight excluding hydrogens is 218 g/mol. The maximum atomic E-state index is 4.55. The third-order valence-corrected chi connectivity index (χ3v) is 3.66. The average molecular weight is 237 g/mol. The van der Waals surface area contributed by atoms with Crippen LogP contribution < -0.4 is 0 Å². The van der Waals surface area contributed by atoms with Crippen molar-refractivity contribution in [3.63, 3.8) is 0 Å². The van der Waals surface area contributed by atoms with Crippen LogP contribution in [0, 0.1) is 0 Å². The van der Waals surface area contributed by atoms with Gasteiger partial charge < -0.3 is 0 Å². The molecule has 0 saturated heterocycles. The number of aromatic nitrogens is 2. The van der Waals surface area contributed by atoms with E-state index >= 15 is 0 Å². The van der Waals surface area contributed by atoms with Crippen molar-refractivity contribution in [3.8, 4) is 0 Å². The number of aliphatic imine (C=N–C) groups is 1. The molecule has 0 unspecified atom stereocenters. The van der Waals surface area contributed by atoms with Crippen LogP contribution in [0.1, 0.15) is 38.3 Å². The Kier molecular flexibility index (Phi) is 4.45. The van der Waals surface area contributed by atoms with E-state index in [0.717, 1.165) is 23.9 Å². The predicted molar refractivity (Wildman–Crippen MR) is 70.2 cm³/mol. The third-order valence-electron chi connectivity index (χ3n) is 2.70. The lowest BCUT2D eigenvalue weighted by Gasteiger charge is -1.98. The molecular formula is C12H19N3S. The Morgan fingerprint density at radius 3 is 3.06 bits per heavy atom. The van der Waals surface area contributed by atoms with E-state index < -0.39 is 0 Å². The van der Waals surface area contributed by atoms with Crippen molar-refractivity contribution in [2.75, 3.05) is 12.3 Å². The Labute approximate surface area is 101 Å². The molecule has 0 saturated carbocycles. The van der Waals surface area contributed by atoms with E-state index in [-0.39, 0.29) is 0 Å². The van der Waals surface area contributed by atoms with E-state index in [4.69, 9.17) is 0 Å². The Morgan fingerprint density at radius 2 is 2.31 bits per heavy atom. The van der Waals surface area contributed by atoms with Crippen LogP contribution in [0.15, 0.2) is 17.3 Å². The van der Waals surface area contributed by atoms with Crippen molar-refractivity contribution in [1.82, 2.24) is 9.78 Å². The highest BCUT2D eigenvalue weighted by Crippen LogP contribution is 2.14. The highest BCUT2D eigenvalue weighted by molar-refractivity contribution is 8.14. The molecule has 0 N–H and O–H groups in total. The van der Waals surface area contributed by atoms with Crippen molar-refractivity contribution in [1.29, 1.82) is 0 Å². The van der Waals surface area contributed by atoms with Gasteiger partial charge in [-0.2, -0.15) is 5.10 Å². The second-order valence-electron chi connectivity index (χ2n) is 4.08. The minimum Gasteiger partial charge on any atom is -0.260 e. The maximum Gasteiger partial charge on any atom is 0.184 e. The number of aryl methyl sites for hydroxylation is 1. The molecule has 16 heavy (non-hydrogen) atoms. The van der Waals surface area contributed by atoms with Gasteiger partial charge in [-0.25, -0.2) is 4.68 Å². The number of nitrogens with zero attached hydrogens (tertiary/aromatic N) is 3. The lowest BCUT2D eigenvalue weighted by Crippen LogP contribution is -2.06. The quantitative estimate of drug-likeness (QED) is 0.737. The molecule has 0 fully saturated rings. The monoisotopic (exact) mass is 237 g/mol. The molecule has 1 aliphatic heterocycles. The normalized spacial score (nSPS) is 15.4. The minimum absolute atomic E-state index is 0.936. The Hall–Kier alpha value is -0.770. The zero-order chi connectivity index (χ0) is 11.2. The fourth-order valence-corrected chi connectivity index (χ4v) is 2.58. The summed E-state index contributed by atoms with van der Waals surface area (Å²) in [4.78, 5) is 4.41. The fraction of sp³-hybridized carbons (Fsp3) is 0.667. The first-order valence-corrected chi connectivity index (χ1v) is 7.11. The van der Waals surface area contributed by atoms with Gasteiger partial charge in [-0.15, -0.1) is 0 Å². The van der Waals surface area contributed by atoms with Crippen molar-refractivity contribution in [2.24, 2.45) is 4.99 Å². The molecule has 3 nitrogen and oxygen atoms in total. The zero-order valence-electron chi connectivity index (χ0n) is 9.85. The molecule has 2 heterocycles. The molecule has 0 aromatic carbocycles. The second-order valence-corrected chi connectivity index (χ2v) is 5.14. The molecule has 0 amide bonds.